The molecular weight excluding hydrogens is 248 g/mol. The maximum Gasteiger partial charge on any atom is 0.282 e. The molecule has 0 fully saturated rings. The molecule has 3 rings (SSSR count). The summed E-state index contributed by atoms with van der Waals surface area (Å²) < 4.78 is 0. The number of rotatable bonds is 2. The number of imide groups is 1. The van der Waals surface area contributed by atoms with E-state index >= 15 is 0 Å². The molecule has 1 unspecified atom stereocenters. The van der Waals surface area contributed by atoms with Gasteiger partial charge in [-0.2, -0.15) is 0 Å². The Morgan fingerprint density at radius 1 is 1.26 bits per heavy atom. The molecule has 1 atom stereocenters. The summed E-state index contributed by atoms with van der Waals surface area (Å²) in [5.41, 5.74) is -0.266. The minimum atomic E-state index is -0.627. The van der Waals surface area contributed by atoms with Crippen LogP contribution in [0.4, 0.5) is 5.69 Å². The number of fused-ring (bicyclic) bond motifs is 1. The first kappa shape index (κ1) is 11.6. The van der Waals surface area contributed by atoms with E-state index in [1.54, 1.807) is 6.08 Å². The van der Waals surface area contributed by atoms with Crippen LogP contribution in [-0.2, 0) is 0 Å². The van der Waals surface area contributed by atoms with Crippen LogP contribution in [-0.4, -0.2) is 27.7 Å². The fraction of sp³-hybridized carbons (Fsp3) is 0.231. The number of hydrogen-bond donors (Lipinski definition) is 0. The number of benzene rings is 1. The zero-order valence-corrected chi connectivity index (χ0v) is 9.91. The molecule has 1 aliphatic carbocycles. The Balaban J connectivity index is 2.11. The Morgan fingerprint density at radius 2 is 2.05 bits per heavy atom. The molecule has 2 amide bonds. The molecule has 1 aromatic rings. The predicted octanol–water partition coefficient (Wildman–Crippen LogP) is 1.91. The van der Waals surface area contributed by atoms with Crippen molar-refractivity contribution in [1.82, 2.24) is 4.90 Å². The molecule has 0 saturated heterocycles. The topological polar surface area (TPSA) is 80.5 Å². The molecule has 96 valence electrons. The van der Waals surface area contributed by atoms with E-state index in [1.165, 1.54) is 18.2 Å². The summed E-state index contributed by atoms with van der Waals surface area (Å²) in [6.07, 6.45) is 5.19. The van der Waals surface area contributed by atoms with Crippen molar-refractivity contribution < 1.29 is 14.5 Å². The monoisotopic (exact) mass is 258 g/mol. The number of nitro benzene ring substituents is 1. The van der Waals surface area contributed by atoms with Gasteiger partial charge in [-0.25, -0.2) is 0 Å². The molecule has 19 heavy (non-hydrogen) atoms. The lowest BCUT2D eigenvalue weighted by Gasteiger charge is -2.19. The van der Waals surface area contributed by atoms with E-state index < -0.39 is 16.7 Å². The van der Waals surface area contributed by atoms with E-state index in [2.05, 4.69) is 0 Å². The van der Waals surface area contributed by atoms with Crippen molar-refractivity contribution in [3.05, 3.63) is 51.6 Å². The van der Waals surface area contributed by atoms with Crippen LogP contribution < -0.4 is 0 Å². The largest absolute Gasteiger partial charge is 0.282 e. The summed E-state index contributed by atoms with van der Waals surface area (Å²) in [4.78, 5) is 36.0. The molecule has 0 N–H and O–H groups in total. The lowest BCUT2D eigenvalue weighted by molar-refractivity contribution is -0.385. The Kier molecular flexibility index (Phi) is 2.45. The molecule has 1 aromatic carbocycles. The van der Waals surface area contributed by atoms with Crippen molar-refractivity contribution in [3.8, 4) is 0 Å². The molecule has 0 radical (unpaired) electrons. The summed E-state index contributed by atoms with van der Waals surface area (Å²) >= 11 is 0. The highest BCUT2D eigenvalue weighted by molar-refractivity contribution is 6.23. The van der Waals surface area contributed by atoms with Crippen molar-refractivity contribution in [3.63, 3.8) is 0 Å². The molecular formula is C13H10N2O4. The lowest BCUT2D eigenvalue weighted by atomic mass is 10.1. The zero-order chi connectivity index (χ0) is 13.6. The van der Waals surface area contributed by atoms with Crippen LogP contribution in [0.1, 0.15) is 33.6 Å². The van der Waals surface area contributed by atoms with E-state index in [1.807, 2.05) is 6.08 Å². The summed E-state index contributed by atoms with van der Waals surface area (Å²) in [5, 5.41) is 11.0. The van der Waals surface area contributed by atoms with Gasteiger partial charge in [0.1, 0.15) is 5.56 Å². The lowest BCUT2D eigenvalue weighted by Crippen LogP contribution is -2.37. The molecule has 6 heteroatoms. The van der Waals surface area contributed by atoms with Gasteiger partial charge in [-0.15, -0.1) is 0 Å². The fourth-order valence-electron chi connectivity index (χ4n) is 2.57. The number of allylic oxidation sites excluding steroid dienone is 1. The Morgan fingerprint density at radius 3 is 2.68 bits per heavy atom. The van der Waals surface area contributed by atoms with Gasteiger partial charge in [0.2, 0.25) is 0 Å². The maximum absolute atomic E-state index is 12.3. The predicted molar refractivity (Wildman–Crippen MR) is 65.8 cm³/mol. The van der Waals surface area contributed by atoms with Crippen LogP contribution in [0.15, 0.2) is 30.4 Å². The second kappa shape index (κ2) is 4.01. The Bertz CT molecular complexity index is 636. The average molecular weight is 258 g/mol. The van der Waals surface area contributed by atoms with Gasteiger partial charge < -0.3 is 0 Å². The maximum atomic E-state index is 12.3. The van der Waals surface area contributed by atoms with Crippen molar-refractivity contribution >= 4 is 17.5 Å². The molecule has 0 spiro atoms. The van der Waals surface area contributed by atoms with Crippen LogP contribution >= 0.6 is 0 Å². The molecule has 0 aromatic heterocycles. The standard InChI is InChI=1S/C13H10N2O4/c16-12-9-6-3-7-10(15(18)19)11(9)13(17)14(12)8-4-1-2-5-8/h1,3-4,6-8H,2,5H2. The number of nitrogens with zero attached hydrogens (tertiary/aromatic N) is 2. The van der Waals surface area contributed by atoms with Gasteiger partial charge in [0.25, 0.3) is 17.5 Å². The van der Waals surface area contributed by atoms with Crippen LogP contribution in [0.2, 0.25) is 0 Å². The van der Waals surface area contributed by atoms with Gasteiger partial charge in [-0.3, -0.25) is 24.6 Å². The fourth-order valence-corrected chi connectivity index (χ4v) is 2.57. The van der Waals surface area contributed by atoms with Gasteiger partial charge >= 0.3 is 0 Å². The van der Waals surface area contributed by atoms with Crippen molar-refractivity contribution in [2.75, 3.05) is 0 Å². The first-order valence-electron chi connectivity index (χ1n) is 5.93. The van der Waals surface area contributed by atoms with Gasteiger partial charge in [0.15, 0.2) is 0 Å². The molecule has 1 heterocycles. The highest BCUT2D eigenvalue weighted by Gasteiger charge is 2.43. The van der Waals surface area contributed by atoms with Crippen molar-refractivity contribution in [2.24, 2.45) is 0 Å². The third-order valence-corrected chi connectivity index (χ3v) is 3.44. The van der Waals surface area contributed by atoms with Gasteiger partial charge in [0.05, 0.1) is 16.5 Å². The van der Waals surface area contributed by atoms with Gasteiger partial charge in [-0.05, 0) is 18.9 Å². The SMILES string of the molecule is O=C1c2cccc([N+](=O)[O-])c2C(=O)N1C1C=CCC1. The number of nitro groups is 1. The number of amides is 2. The van der Waals surface area contributed by atoms with Crippen LogP contribution in [0.3, 0.4) is 0 Å². The quantitative estimate of drug-likeness (QED) is 0.351. The van der Waals surface area contributed by atoms with Crippen LogP contribution in [0.25, 0.3) is 0 Å². The van der Waals surface area contributed by atoms with E-state index in [0.29, 0.717) is 6.42 Å². The first-order chi connectivity index (χ1) is 9.11. The summed E-state index contributed by atoms with van der Waals surface area (Å²) in [6.45, 7) is 0. The highest BCUT2D eigenvalue weighted by Crippen LogP contribution is 2.33. The average Bonchev–Trinajstić information content (AvgIpc) is 2.98. The first-order valence-corrected chi connectivity index (χ1v) is 5.93. The number of hydrogen-bond acceptors (Lipinski definition) is 4. The Labute approximate surface area is 108 Å². The molecule has 6 nitrogen and oxygen atoms in total. The minimum Gasteiger partial charge on any atom is -0.269 e. The summed E-state index contributed by atoms with van der Waals surface area (Å²) in [5.74, 6) is -1.01. The van der Waals surface area contributed by atoms with Crippen molar-refractivity contribution in [2.45, 2.75) is 18.9 Å². The second-order valence-electron chi connectivity index (χ2n) is 4.51. The second-order valence-corrected chi connectivity index (χ2v) is 4.51. The summed E-state index contributed by atoms with van der Waals surface area (Å²) in [7, 11) is 0. The third kappa shape index (κ3) is 1.56. The van der Waals surface area contributed by atoms with E-state index in [9.17, 15) is 19.7 Å². The minimum absolute atomic E-state index is 0.0854. The molecule has 2 aliphatic rings. The van der Waals surface area contributed by atoms with Crippen LogP contribution in [0, 0.1) is 10.1 Å². The van der Waals surface area contributed by atoms with E-state index in [-0.39, 0.29) is 22.9 Å². The number of carbonyl (C=O) groups is 2. The Hall–Kier alpha value is -2.50. The van der Waals surface area contributed by atoms with Gasteiger partial charge in [-0.1, -0.05) is 18.2 Å². The third-order valence-electron chi connectivity index (χ3n) is 3.44. The van der Waals surface area contributed by atoms with Crippen LogP contribution in [0.5, 0.6) is 0 Å². The normalized spacial score (nSPS) is 21.1. The van der Waals surface area contributed by atoms with E-state index in [4.69, 9.17) is 0 Å². The van der Waals surface area contributed by atoms with E-state index in [0.717, 1.165) is 11.3 Å². The molecule has 0 bridgehead atoms. The van der Waals surface area contributed by atoms with Gasteiger partial charge in [0, 0.05) is 6.07 Å². The highest BCUT2D eigenvalue weighted by atomic mass is 16.6. The summed E-state index contributed by atoms with van der Waals surface area (Å²) in [6, 6.07) is 3.85. The zero-order valence-electron chi connectivity index (χ0n) is 9.91. The number of carbonyl (C=O) groups excluding carboxylic acids is 2. The molecule has 1 aliphatic heterocycles. The molecule has 0 saturated carbocycles. The smallest absolute Gasteiger partial charge is 0.269 e. The van der Waals surface area contributed by atoms with Crippen molar-refractivity contribution in [1.29, 1.82) is 0 Å².